The Morgan fingerprint density at radius 2 is 1.94 bits per heavy atom. The van der Waals surface area contributed by atoms with Gasteiger partial charge in [-0.15, -0.1) is 0 Å². The molecule has 3 nitrogen and oxygen atoms in total. The average Bonchev–Trinajstić information content (AvgIpc) is 2.37. The molecule has 0 spiro atoms. The lowest BCUT2D eigenvalue weighted by atomic mass is 10.0. The van der Waals surface area contributed by atoms with E-state index in [1.165, 1.54) is 5.56 Å². The van der Waals surface area contributed by atoms with E-state index in [1.807, 2.05) is 25.2 Å². The third kappa shape index (κ3) is 3.60. The Balaban J connectivity index is 2.82. The van der Waals surface area contributed by atoms with Gasteiger partial charge in [0.25, 0.3) is 0 Å². The summed E-state index contributed by atoms with van der Waals surface area (Å²) in [6, 6.07) is 5.95. The first kappa shape index (κ1) is 13.8. The minimum absolute atomic E-state index is 0.313. The zero-order chi connectivity index (χ0) is 12.8. The third-order valence-electron chi connectivity index (χ3n) is 2.68. The number of hydrogen-bond acceptors (Lipinski definition) is 3. The van der Waals surface area contributed by atoms with Crippen molar-refractivity contribution in [1.82, 2.24) is 5.32 Å². The summed E-state index contributed by atoms with van der Waals surface area (Å²) in [6.07, 6.45) is 0.889. The first-order chi connectivity index (χ1) is 8.12. The van der Waals surface area contributed by atoms with Gasteiger partial charge in [0.05, 0.1) is 19.2 Å². The summed E-state index contributed by atoms with van der Waals surface area (Å²) >= 11 is 5.22. The number of hydrogen-bond donors (Lipinski definition) is 1. The summed E-state index contributed by atoms with van der Waals surface area (Å²) in [5, 5.41) is 3.01. The lowest BCUT2D eigenvalue weighted by molar-refractivity contribution is 0.354. The molecule has 0 aliphatic rings. The van der Waals surface area contributed by atoms with Crippen molar-refractivity contribution >= 4 is 17.2 Å². The van der Waals surface area contributed by atoms with Crippen molar-refractivity contribution < 1.29 is 9.47 Å². The summed E-state index contributed by atoms with van der Waals surface area (Å²) in [7, 11) is 5.13. The topological polar surface area (TPSA) is 30.5 Å². The third-order valence-corrected chi connectivity index (χ3v) is 3.29. The molecule has 0 heterocycles. The van der Waals surface area contributed by atoms with E-state index in [1.54, 1.807) is 14.2 Å². The number of ether oxygens (including phenoxy) is 2. The number of rotatable bonds is 5. The highest BCUT2D eigenvalue weighted by Gasteiger charge is 2.10. The molecule has 1 unspecified atom stereocenters. The SMILES string of the molecule is CNC(=S)C(C)Cc1ccc(OC)c(OC)c1. The maximum atomic E-state index is 5.27. The van der Waals surface area contributed by atoms with E-state index in [-0.39, 0.29) is 0 Å². The smallest absolute Gasteiger partial charge is 0.160 e. The fourth-order valence-electron chi connectivity index (χ4n) is 1.70. The molecule has 1 aromatic rings. The Labute approximate surface area is 108 Å². The first-order valence-corrected chi connectivity index (χ1v) is 5.95. The van der Waals surface area contributed by atoms with Crippen molar-refractivity contribution in [3.63, 3.8) is 0 Å². The van der Waals surface area contributed by atoms with E-state index in [2.05, 4.69) is 12.2 Å². The molecule has 0 bridgehead atoms. The Bertz CT molecular complexity index is 393. The van der Waals surface area contributed by atoms with Gasteiger partial charge in [0, 0.05) is 13.0 Å². The zero-order valence-corrected chi connectivity index (χ0v) is 11.6. The van der Waals surface area contributed by atoms with Gasteiger partial charge < -0.3 is 14.8 Å². The van der Waals surface area contributed by atoms with Crippen LogP contribution in [0.25, 0.3) is 0 Å². The average molecular weight is 253 g/mol. The summed E-state index contributed by atoms with van der Waals surface area (Å²) in [6.45, 7) is 2.11. The van der Waals surface area contributed by atoms with E-state index in [9.17, 15) is 0 Å². The molecule has 0 saturated carbocycles. The van der Waals surface area contributed by atoms with Crippen LogP contribution in [0, 0.1) is 5.92 Å². The Kier molecular flexibility index (Phi) is 5.22. The molecule has 0 aliphatic heterocycles. The molecule has 1 N–H and O–H groups in total. The van der Waals surface area contributed by atoms with E-state index < -0.39 is 0 Å². The van der Waals surface area contributed by atoms with Gasteiger partial charge in [-0.05, 0) is 24.1 Å². The van der Waals surface area contributed by atoms with Crippen LogP contribution in [0.5, 0.6) is 11.5 Å². The van der Waals surface area contributed by atoms with Crippen LogP contribution in [0.2, 0.25) is 0 Å². The Morgan fingerprint density at radius 3 is 2.47 bits per heavy atom. The van der Waals surface area contributed by atoms with E-state index in [0.717, 1.165) is 22.9 Å². The van der Waals surface area contributed by atoms with Crippen LogP contribution in [0.1, 0.15) is 12.5 Å². The van der Waals surface area contributed by atoms with Crippen molar-refractivity contribution in [2.45, 2.75) is 13.3 Å². The van der Waals surface area contributed by atoms with Gasteiger partial charge in [-0.1, -0.05) is 25.2 Å². The quantitative estimate of drug-likeness (QED) is 0.816. The van der Waals surface area contributed by atoms with Crippen molar-refractivity contribution in [2.24, 2.45) is 5.92 Å². The van der Waals surface area contributed by atoms with Crippen molar-refractivity contribution in [3.05, 3.63) is 23.8 Å². The molecular formula is C13H19NO2S. The Morgan fingerprint density at radius 1 is 1.29 bits per heavy atom. The van der Waals surface area contributed by atoms with E-state index in [4.69, 9.17) is 21.7 Å². The number of thiocarbonyl (C=S) groups is 1. The molecule has 1 atom stereocenters. The van der Waals surface area contributed by atoms with Gasteiger partial charge in [-0.25, -0.2) is 0 Å². The number of benzene rings is 1. The van der Waals surface area contributed by atoms with Crippen molar-refractivity contribution in [1.29, 1.82) is 0 Å². The minimum atomic E-state index is 0.313. The second kappa shape index (κ2) is 6.45. The zero-order valence-electron chi connectivity index (χ0n) is 10.7. The van der Waals surface area contributed by atoms with Gasteiger partial charge in [0.2, 0.25) is 0 Å². The van der Waals surface area contributed by atoms with Gasteiger partial charge in [-0.3, -0.25) is 0 Å². The molecule has 1 aromatic carbocycles. The fraction of sp³-hybridized carbons (Fsp3) is 0.462. The molecule has 0 amide bonds. The van der Waals surface area contributed by atoms with E-state index >= 15 is 0 Å². The number of nitrogens with one attached hydrogen (secondary N) is 1. The summed E-state index contributed by atoms with van der Waals surface area (Å²) < 4.78 is 10.5. The van der Waals surface area contributed by atoms with Gasteiger partial charge in [-0.2, -0.15) is 0 Å². The van der Waals surface area contributed by atoms with Crippen molar-refractivity contribution in [2.75, 3.05) is 21.3 Å². The summed E-state index contributed by atoms with van der Waals surface area (Å²) in [4.78, 5) is 0.875. The molecule has 0 radical (unpaired) electrons. The second-order valence-electron chi connectivity index (χ2n) is 3.91. The maximum Gasteiger partial charge on any atom is 0.160 e. The standard InChI is InChI=1S/C13H19NO2S/c1-9(13(17)14-2)7-10-5-6-11(15-3)12(8-10)16-4/h5-6,8-9H,7H2,1-4H3,(H,14,17). The molecule has 4 heteroatoms. The lowest BCUT2D eigenvalue weighted by Gasteiger charge is -2.14. The lowest BCUT2D eigenvalue weighted by Crippen LogP contribution is -2.24. The monoisotopic (exact) mass is 253 g/mol. The molecule has 1 rings (SSSR count). The highest BCUT2D eigenvalue weighted by atomic mass is 32.1. The normalized spacial score (nSPS) is 11.8. The van der Waals surface area contributed by atoms with Crippen LogP contribution in [0.4, 0.5) is 0 Å². The van der Waals surface area contributed by atoms with E-state index in [0.29, 0.717) is 5.92 Å². The molecule has 0 fully saturated rings. The first-order valence-electron chi connectivity index (χ1n) is 5.54. The summed E-state index contributed by atoms with van der Waals surface area (Å²) in [5.41, 5.74) is 1.19. The van der Waals surface area contributed by atoms with Gasteiger partial charge in [0.1, 0.15) is 0 Å². The largest absolute Gasteiger partial charge is 0.493 e. The van der Waals surface area contributed by atoms with Crippen LogP contribution in [0.15, 0.2) is 18.2 Å². The highest BCUT2D eigenvalue weighted by molar-refractivity contribution is 7.80. The molecular weight excluding hydrogens is 234 g/mol. The minimum Gasteiger partial charge on any atom is -0.493 e. The molecule has 0 aliphatic carbocycles. The molecule has 0 aromatic heterocycles. The van der Waals surface area contributed by atoms with Crippen LogP contribution in [-0.2, 0) is 6.42 Å². The predicted octanol–water partition coefficient (Wildman–Crippen LogP) is 2.43. The van der Waals surface area contributed by atoms with Crippen LogP contribution < -0.4 is 14.8 Å². The highest BCUT2D eigenvalue weighted by Crippen LogP contribution is 2.28. The van der Waals surface area contributed by atoms with Gasteiger partial charge in [0.15, 0.2) is 11.5 Å². The molecule has 0 saturated heterocycles. The summed E-state index contributed by atoms with van der Waals surface area (Å²) in [5.74, 6) is 1.82. The number of methoxy groups -OCH3 is 2. The van der Waals surface area contributed by atoms with Crippen LogP contribution >= 0.6 is 12.2 Å². The Hall–Kier alpha value is -1.29. The maximum absolute atomic E-state index is 5.27. The molecule has 17 heavy (non-hydrogen) atoms. The predicted molar refractivity (Wildman–Crippen MR) is 74.1 cm³/mol. The molecule has 94 valence electrons. The fourth-order valence-corrected chi connectivity index (χ4v) is 1.78. The van der Waals surface area contributed by atoms with Gasteiger partial charge >= 0.3 is 0 Å². The second-order valence-corrected chi connectivity index (χ2v) is 4.35. The van der Waals surface area contributed by atoms with Crippen LogP contribution in [-0.4, -0.2) is 26.3 Å². The van der Waals surface area contributed by atoms with Crippen LogP contribution in [0.3, 0.4) is 0 Å². The van der Waals surface area contributed by atoms with Crippen molar-refractivity contribution in [3.8, 4) is 11.5 Å².